The van der Waals surface area contributed by atoms with E-state index in [0.717, 1.165) is 64.0 Å². The van der Waals surface area contributed by atoms with Crippen molar-refractivity contribution in [1.82, 2.24) is 9.80 Å². The third-order valence-corrected chi connectivity index (χ3v) is 11.6. The van der Waals surface area contributed by atoms with Crippen LogP contribution in [0.5, 0.6) is 0 Å². The largest absolute Gasteiger partial charge is 0.393 e. The Labute approximate surface area is 225 Å². The Bertz CT molecular complexity index is 1070. The second-order valence-electron chi connectivity index (χ2n) is 13.3. The smallest absolute Gasteiger partial charge is 0.233 e. The summed E-state index contributed by atoms with van der Waals surface area (Å²) in [6.07, 6.45) is 8.29. The highest BCUT2D eigenvalue weighted by Crippen LogP contribution is 2.58. The van der Waals surface area contributed by atoms with Gasteiger partial charge in [-0.05, 0) is 85.8 Å². The van der Waals surface area contributed by atoms with E-state index in [0.29, 0.717) is 24.4 Å². The molecule has 3 aliphatic heterocycles. The lowest BCUT2D eigenvalue weighted by Crippen LogP contribution is -2.47. The molecule has 2 bridgehead atoms. The molecule has 0 radical (unpaired) electrons. The summed E-state index contributed by atoms with van der Waals surface area (Å²) in [5, 5.41) is 10.6. The summed E-state index contributed by atoms with van der Waals surface area (Å²) in [5.74, 6) is 0.619. The number of likely N-dealkylation sites (tertiary alicyclic amines) is 2. The van der Waals surface area contributed by atoms with Gasteiger partial charge in [-0.15, -0.1) is 0 Å². The number of amides is 2. The number of piperidine rings is 1. The first-order chi connectivity index (χ1) is 18.4. The van der Waals surface area contributed by atoms with Gasteiger partial charge in [0.2, 0.25) is 11.8 Å². The molecule has 6 nitrogen and oxygen atoms in total. The van der Waals surface area contributed by atoms with Crippen molar-refractivity contribution >= 4 is 17.5 Å². The number of fused-ring (bicyclic) bond motifs is 6. The number of benzene rings is 1. The van der Waals surface area contributed by atoms with Crippen LogP contribution < -0.4 is 4.90 Å². The van der Waals surface area contributed by atoms with E-state index in [9.17, 15) is 19.1 Å². The number of halogens is 1. The summed E-state index contributed by atoms with van der Waals surface area (Å²) in [5.41, 5.74) is 2.36. The zero-order chi connectivity index (χ0) is 26.1. The van der Waals surface area contributed by atoms with Gasteiger partial charge in [0.25, 0.3) is 0 Å². The van der Waals surface area contributed by atoms with E-state index >= 15 is 0 Å². The fraction of sp³-hybridized carbons (Fsp3) is 0.742. The predicted octanol–water partition coefficient (Wildman–Crippen LogP) is 3.71. The average molecular weight is 524 g/mol. The molecule has 2 amide bonds. The molecule has 8 atom stereocenters. The maximum atomic E-state index is 13.9. The van der Waals surface area contributed by atoms with Crippen molar-refractivity contribution in [3.05, 3.63) is 29.6 Å². The van der Waals surface area contributed by atoms with Gasteiger partial charge in [0, 0.05) is 44.5 Å². The van der Waals surface area contributed by atoms with Crippen LogP contribution in [0, 0.1) is 47.2 Å². The molecule has 1 N–H and O–H groups in total. The van der Waals surface area contributed by atoms with Crippen molar-refractivity contribution in [3.63, 3.8) is 0 Å². The second-order valence-corrected chi connectivity index (χ2v) is 13.3. The quantitative estimate of drug-likeness (QED) is 0.597. The Morgan fingerprint density at radius 2 is 1.61 bits per heavy atom. The Morgan fingerprint density at radius 1 is 0.921 bits per heavy atom. The third-order valence-electron chi connectivity index (χ3n) is 11.6. The fourth-order valence-electron chi connectivity index (χ4n) is 9.50. The molecule has 1 aromatic rings. The Hall–Kier alpha value is -1.99. The molecule has 3 aliphatic carbocycles. The Morgan fingerprint density at radius 3 is 2.34 bits per heavy atom. The van der Waals surface area contributed by atoms with Gasteiger partial charge in [-0.25, -0.2) is 4.39 Å². The van der Waals surface area contributed by atoms with Crippen LogP contribution in [0.2, 0.25) is 0 Å². The van der Waals surface area contributed by atoms with Crippen LogP contribution in [0.25, 0.3) is 0 Å². The summed E-state index contributed by atoms with van der Waals surface area (Å²) in [4.78, 5) is 33.6. The summed E-state index contributed by atoms with van der Waals surface area (Å²) in [7, 11) is 0. The zero-order valence-electron chi connectivity index (χ0n) is 22.6. The summed E-state index contributed by atoms with van der Waals surface area (Å²) in [6.45, 7) is 6.77. The van der Waals surface area contributed by atoms with E-state index in [1.807, 2.05) is 13.0 Å². The molecule has 7 rings (SSSR count). The molecule has 206 valence electrons. The number of imide groups is 1. The van der Waals surface area contributed by atoms with Crippen molar-refractivity contribution in [2.75, 3.05) is 37.6 Å². The lowest BCUT2D eigenvalue weighted by molar-refractivity contribution is -0.142. The minimum atomic E-state index is -0.434. The minimum absolute atomic E-state index is 0.00548. The van der Waals surface area contributed by atoms with Crippen LogP contribution in [0.15, 0.2) is 18.2 Å². The van der Waals surface area contributed by atoms with Gasteiger partial charge in [-0.1, -0.05) is 25.8 Å². The van der Waals surface area contributed by atoms with Crippen molar-refractivity contribution in [1.29, 1.82) is 0 Å². The predicted molar refractivity (Wildman–Crippen MR) is 143 cm³/mol. The van der Waals surface area contributed by atoms with Crippen LogP contribution in [-0.4, -0.2) is 71.6 Å². The minimum Gasteiger partial charge on any atom is -0.393 e. The molecule has 0 spiro atoms. The standard InChI is InChI=1S/C31H42FN3O3/c1-18-24-15-25(29(18)36)28-27(24)30(37)35(31(28)38)17-21-5-3-2-4-20(21)16-33-11-9-23(10-12-33)34-13-8-19-6-7-22(32)14-26(19)34/h6-7,14,18,20-21,23-25,27-29,36H,2-5,8-13,15-17H2,1H3/t18?,20-,21-,24?,25?,27?,28?,29?/m0/s1. The average Bonchev–Trinajstić information content (AvgIpc) is 3.65. The van der Waals surface area contributed by atoms with Crippen LogP contribution in [0.4, 0.5) is 10.1 Å². The molecule has 6 aliphatic rings. The molecule has 7 heteroatoms. The zero-order valence-corrected chi connectivity index (χ0v) is 22.6. The lowest BCUT2D eigenvalue weighted by atomic mass is 9.74. The number of anilines is 1. The van der Waals surface area contributed by atoms with Crippen LogP contribution in [-0.2, 0) is 16.0 Å². The maximum Gasteiger partial charge on any atom is 0.233 e. The second kappa shape index (κ2) is 9.58. The first-order valence-electron chi connectivity index (χ1n) is 15.2. The summed E-state index contributed by atoms with van der Waals surface area (Å²) >= 11 is 0. The van der Waals surface area contributed by atoms with E-state index in [-0.39, 0.29) is 47.2 Å². The molecule has 1 aromatic carbocycles. The number of carbonyl (C=O) groups excluding carboxylic acids is 2. The fourth-order valence-corrected chi connectivity index (χ4v) is 9.50. The SMILES string of the molecule is CC1C(O)C2CC1C1C(=O)N(C[C@@H]3CCCC[C@H]3CN3CCC(N4CCc5ccc(F)cc54)CC3)C(=O)C21. The van der Waals surface area contributed by atoms with Crippen LogP contribution >= 0.6 is 0 Å². The van der Waals surface area contributed by atoms with Crippen molar-refractivity contribution in [2.24, 2.45) is 41.4 Å². The number of hydrogen-bond acceptors (Lipinski definition) is 5. The lowest BCUT2D eigenvalue weighted by Gasteiger charge is -2.41. The van der Waals surface area contributed by atoms with Crippen LogP contribution in [0.3, 0.4) is 0 Å². The molecule has 3 heterocycles. The van der Waals surface area contributed by atoms with Crippen molar-refractivity contribution in [2.45, 2.75) is 70.4 Å². The molecule has 5 fully saturated rings. The van der Waals surface area contributed by atoms with E-state index in [1.54, 1.807) is 17.0 Å². The third kappa shape index (κ3) is 3.94. The number of hydrogen-bond donors (Lipinski definition) is 1. The summed E-state index contributed by atoms with van der Waals surface area (Å²) in [6, 6.07) is 5.71. The van der Waals surface area contributed by atoms with Gasteiger partial charge in [0.1, 0.15) is 5.82 Å². The van der Waals surface area contributed by atoms with Gasteiger partial charge in [0.05, 0.1) is 17.9 Å². The van der Waals surface area contributed by atoms with E-state index in [4.69, 9.17) is 0 Å². The molecular formula is C31H42FN3O3. The monoisotopic (exact) mass is 523 g/mol. The highest BCUT2D eigenvalue weighted by Gasteiger charge is 2.66. The van der Waals surface area contributed by atoms with E-state index < -0.39 is 6.10 Å². The maximum absolute atomic E-state index is 13.9. The topological polar surface area (TPSA) is 64.1 Å². The first-order valence-corrected chi connectivity index (χ1v) is 15.2. The molecular weight excluding hydrogens is 481 g/mol. The van der Waals surface area contributed by atoms with Gasteiger partial charge in [-0.2, -0.15) is 0 Å². The van der Waals surface area contributed by atoms with Gasteiger partial charge in [0.15, 0.2) is 0 Å². The number of carbonyl (C=O) groups is 2. The highest BCUT2D eigenvalue weighted by molar-refractivity contribution is 6.06. The molecule has 2 saturated heterocycles. The molecule has 3 saturated carbocycles. The Balaban J connectivity index is 0.972. The highest BCUT2D eigenvalue weighted by atomic mass is 19.1. The van der Waals surface area contributed by atoms with Gasteiger partial charge >= 0.3 is 0 Å². The summed E-state index contributed by atoms with van der Waals surface area (Å²) < 4.78 is 13.9. The van der Waals surface area contributed by atoms with Crippen molar-refractivity contribution < 1.29 is 19.1 Å². The number of nitrogens with zero attached hydrogens (tertiary/aromatic N) is 3. The van der Waals surface area contributed by atoms with E-state index in [1.165, 1.54) is 24.8 Å². The first kappa shape index (κ1) is 25.0. The number of rotatable bonds is 5. The normalized spacial score (nSPS) is 39.3. The molecule has 0 aromatic heterocycles. The van der Waals surface area contributed by atoms with Gasteiger partial charge in [-0.3, -0.25) is 14.5 Å². The van der Waals surface area contributed by atoms with Crippen molar-refractivity contribution in [3.8, 4) is 0 Å². The molecule has 6 unspecified atom stereocenters. The number of aliphatic hydroxyl groups is 1. The van der Waals surface area contributed by atoms with Crippen LogP contribution in [0.1, 0.15) is 57.4 Å². The van der Waals surface area contributed by atoms with Gasteiger partial charge < -0.3 is 14.9 Å². The molecule has 38 heavy (non-hydrogen) atoms. The Kier molecular flexibility index (Phi) is 6.31. The number of aliphatic hydroxyl groups excluding tert-OH is 1. The van der Waals surface area contributed by atoms with E-state index in [2.05, 4.69) is 9.80 Å².